The van der Waals surface area contributed by atoms with Crippen LogP contribution in [0, 0.1) is 35.5 Å². The summed E-state index contributed by atoms with van der Waals surface area (Å²) in [6, 6.07) is -2.02. The third kappa shape index (κ3) is 15.3. The van der Waals surface area contributed by atoms with E-state index in [0.717, 1.165) is 18.9 Å². The first-order chi connectivity index (χ1) is 33.6. The molecule has 0 aromatic carbocycles. The van der Waals surface area contributed by atoms with Crippen molar-refractivity contribution in [2.45, 2.75) is 191 Å². The van der Waals surface area contributed by atoms with Crippen molar-refractivity contribution >= 4 is 33.5 Å². The normalized spacial score (nSPS) is 38.2. The smallest absolute Gasteiger partial charge is 0.329 e. The zero-order chi connectivity index (χ0) is 52.2. The highest BCUT2D eigenvalue weighted by molar-refractivity contribution is 7.89. The first-order valence-corrected chi connectivity index (χ1v) is 27.1. The molecule has 1 aromatic rings. The summed E-state index contributed by atoms with van der Waals surface area (Å²) in [4.78, 5) is 58.1. The van der Waals surface area contributed by atoms with Gasteiger partial charge in [-0.1, -0.05) is 81.8 Å². The van der Waals surface area contributed by atoms with Crippen LogP contribution in [0.2, 0.25) is 0 Å². The second-order valence-corrected chi connectivity index (χ2v) is 22.7. The molecule has 0 unspecified atom stereocenters. The molecule has 17 nitrogen and oxygen atoms in total. The number of aliphatic hydroxyl groups is 3. The van der Waals surface area contributed by atoms with Gasteiger partial charge in [0.25, 0.3) is 11.7 Å². The molecule has 2 bridgehead atoms. The maximum Gasteiger partial charge on any atom is 0.329 e. The number of nitrogens with zero attached hydrogens (tertiary/aromatic N) is 2. The number of Topliss-reactive ketones (excluding diaryl/α,β-unsaturated/α-hetero) is 2. The number of hydrogen-bond acceptors (Lipinski definition) is 15. The lowest BCUT2D eigenvalue weighted by atomic mass is 9.78. The van der Waals surface area contributed by atoms with Crippen LogP contribution in [-0.2, 0) is 48.1 Å². The van der Waals surface area contributed by atoms with E-state index in [1.165, 1.54) is 12.0 Å². The Morgan fingerprint density at radius 1 is 0.887 bits per heavy atom. The number of nitrogens with one attached hydrogen (secondary N) is 1. The van der Waals surface area contributed by atoms with Crippen molar-refractivity contribution in [3.8, 4) is 0 Å². The lowest BCUT2D eigenvalue weighted by molar-refractivity contribution is -0.264. The van der Waals surface area contributed by atoms with Crippen LogP contribution in [-0.4, -0.2) is 132 Å². The van der Waals surface area contributed by atoms with Crippen LogP contribution in [0.15, 0.2) is 69.5 Å². The molecule has 18 heteroatoms. The van der Waals surface area contributed by atoms with Crippen molar-refractivity contribution < 1.29 is 66.4 Å². The number of aliphatic hydroxyl groups excluding tert-OH is 2. The van der Waals surface area contributed by atoms with E-state index in [1.54, 1.807) is 46.1 Å². The molecule has 1 aromatic heterocycles. The van der Waals surface area contributed by atoms with Crippen LogP contribution < -0.4 is 4.72 Å². The first kappa shape index (κ1) is 58.0. The van der Waals surface area contributed by atoms with E-state index in [9.17, 15) is 42.9 Å². The fourth-order valence-corrected chi connectivity index (χ4v) is 11.9. The summed E-state index contributed by atoms with van der Waals surface area (Å²) in [7, 11) is -1.17. The molecule has 398 valence electrons. The summed E-state index contributed by atoms with van der Waals surface area (Å²) in [5, 5.41) is 37.7. The molecule has 15 atom stereocenters. The number of aromatic nitrogens is 1. The summed E-state index contributed by atoms with van der Waals surface area (Å²) in [5.74, 6) is -7.10. The first-order valence-electron chi connectivity index (χ1n) is 25.6. The lowest BCUT2D eigenvalue weighted by Crippen LogP contribution is -2.61. The molecule has 4 heterocycles. The largest absolute Gasteiger partial charge is 0.461 e. The zero-order valence-corrected chi connectivity index (χ0v) is 44.1. The van der Waals surface area contributed by atoms with Gasteiger partial charge in [-0.3, -0.25) is 14.4 Å². The van der Waals surface area contributed by atoms with E-state index in [-0.39, 0.29) is 66.3 Å². The Labute approximate surface area is 420 Å². The second-order valence-electron chi connectivity index (χ2n) is 21.0. The molecular weight excluding hydrogens is 935 g/mol. The average molecular weight is 1020 g/mol. The molecule has 3 fully saturated rings. The molecule has 71 heavy (non-hydrogen) atoms. The van der Waals surface area contributed by atoms with Crippen molar-refractivity contribution in [1.82, 2.24) is 14.8 Å². The number of ether oxygens (including phenoxy) is 4. The summed E-state index contributed by atoms with van der Waals surface area (Å²) < 4.78 is 58.4. The van der Waals surface area contributed by atoms with E-state index in [4.69, 9.17) is 23.5 Å². The molecule has 1 saturated carbocycles. The number of hydrogen-bond donors (Lipinski definition) is 4. The van der Waals surface area contributed by atoms with Gasteiger partial charge in [-0.2, -0.15) is 0 Å². The number of allylic oxidation sites excluding steroid dienone is 6. The number of esters is 1. The topological polar surface area (TPSA) is 241 Å². The van der Waals surface area contributed by atoms with E-state index >= 15 is 0 Å². The van der Waals surface area contributed by atoms with Crippen LogP contribution in [0.1, 0.15) is 132 Å². The number of piperidine rings is 1. The Balaban J connectivity index is 1.49. The second kappa shape index (κ2) is 26.4. The van der Waals surface area contributed by atoms with E-state index < -0.39 is 87.9 Å². The molecule has 0 radical (unpaired) electrons. The number of fused-ring (bicyclic) bond motifs is 3. The van der Waals surface area contributed by atoms with Gasteiger partial charge in [0.1, 0.15) is 35.5 Å². The molecule has 1 aliphatic carbocycles. The molecule has 4 N–H and O–H groups in total. The molecule has 5 rings (SSSR count). The standard InChI is InChI=1S/C53H81N3O14S/c1-32-15-11-10-12-16-34(3)42(55-71(64,65)41-30-54-68-31-41)29-40-21-19-38(7)53(63,70-40)50(60)51(61)56-24-14-13-17-43(56)52(62)69-45(35(4)27-39-20-22-44(57)46(28-39)66-8)23-18-33(2)26-37(6)48(59)49(67-9)47(58)36(5)25-32/h10-12,15-16,26,30-33,35-36,38-40,42-46,48-49,55,57,59,63H,13-14,17-25,27-29H2,1-9H3/b12-10+,15-11+,34-16+,37-26+/t32-,33+,35-,36-,38-,39-,40+,42-,43+,44-,45+,46-,48-,49+,53-/m1/s1. The van der Waals surface area contributed by atoms with Crippen molar-refractivity contribution in [3.05, 3.63) is 60.1 Å². The van der Waals surface area contributed by atoms with E-state index in [2.05, 4.69) is 9.88 Å². The minimum absolute atomic E-state index is 0.0212. The maximum atomic E-state index is 14.5. The number of carbonyl (C=O) groups excluding carboxylic acids is 4. The summed E-state index contributed by atoms with van der Waals surface area (Å²) in [6.07, 6.45) is 14.5. The third-order valence-corrected chi connectivity index (χ3v) is 16.7. The van der Waals surface area contributed by atoms with Gasteiger partial charge in [-0.05, 0) is 127 Å². The lowest BCUT2D eigenvalue weighted by Gasteiger charge is -2.43. The Morgan fingerprint density at radius 3 is 2.32 bits per heavy atom. The molecule has 3 aliphatic heterocycles. The number of rotatable bonds is 8. The van der Waals surface area contributed by atoms with E-state index in [1.807, 2.05) is 45.9 Å². The molecule has 0 spiro atoms. The fourth-order valence-electron chi connectivity index (χ4n) is 10.8. The molecule has 1 amide bonds. The Bertz CT molecular complexity index is 2180. The predicted octanol–water partition coefficient (Wildman–Crippen LogP) is 6.32. The maximum absolute atomic E-state index is 14.5. The van der Waals surface area contributed by atoms with Gasteiger partial charge in [0.2, 0.25) is 15.8 Å². The van der Waals surface area contributed by atoms with Gasteiger partial charge in [0.15, 0.2) is 5.78 Å². The summed E-state index contributed by atoms with van der Waals surface area (Å²) in [6.45, 7) is 13.0. The number of ketones is 2. The fraction of sp³-hybridized carbons (Fsp3) is 0.717. The molecule has 2 saturated heterocycles. The quantitative estimate of drug-likeness (QED) is 0.127. The summed E-state index contributed by atoms with van der Waals surface area (Å²) >= 11 is 0. The van der Waals surface area contributed by atoms with Crippen LogP contribution in [0.3, 0.4) is 0 Å². The minimum Gasteiger partial charge on any atom is -0.461 e. The highest BCUT2D eigenvalue weighted by Crippen LogP contribution is 2.38. The van der Waals surface area contributed by atoms with Crippen molar-refractivity contribution in [2.75, 3.05) is 20.8 Å². The highest BCUT2D eigenvalue weighted by atomic mass is 32.2. The monoisotopic (exact) mass is 1020 g/mol. The zero-order valence-electron chi connectivity index (χ0n) is 43.2. The van der Waals surface area contributed by atoms with Crippen LogP contribution in [0.5, 0.6) is 0 Å². The SMILES string of the molecule is CO[C@@H]1C[C@@H](C[C@@H](C)[C@@H]2CC[C@H](C)/C=C(\C)[C@@H](O)[C@@H](OC)C(=O)[C@H](C)C[C@H](C)/C=C/C=C/C=C(\C)[C@H](NS(=O)(=O)c3cnoc3)C[C@@H]3CC[C@@H](C)[C@@](O)(O3)C(=O)C(=O)N3CCCC[C@H]3C(=O)O2)CC[C@H]1O. The molecule has 4 aliphatic rings. The van der Waals surface area contributed by atoms with Gasteiger partial charge >= 0.3 is 5.97 Å². The summed E-state index contributed by atoms with van der Waals surface area (Å²) in [5.41, 5.74) is 1.14. The van der Waals surface area contributed by atoms with E-state index in [0.29, 0.717) is 68.9 Å². The molecular formula is C53H81N3O14S. The van der Waals surface area contributed by atoms with Gasteiger partial charge < -0.3 is 43.7 Å². The van der Waals surface area contributed by atoms with Gasteiger partial charge in [-0.25, -0.2) is 17.9 Å². The van der Waals surface area contributed by atoms with Crippen molar-refractivity contribution in [1.29, 1.82) is 0 Å². The average Bonchev–Trinajstić information content (AvgIpc) is 3.90. The number of methoxy groups -OCH3 is 2. The minimum atomic E-state index is -4.17. The number of carbonyl (C=O) groups is 4. The van der Waals surface area contributed by atoms with Crippen molar-refractivity contribution in [2.24, 2.45) is 35.5 Å². The number of sulfonamides is 1. The Kier molecular flexibility index (Phi) is 21.5. The van der Waals surface area contributed by atoms with Crippen LogP contribution in [0.25, 0.3) is 0 Å². The third-order valence-electron chi connectivity index (χ3n) is 15.3. The Morgan fingerprint density at radius 2 is 1.63 bits per heavy atom. The highest BCUT2D eigenvalue weighted by Gasteiger charge is 2.53. The van der Waals surface area contributed by atoms with Crippen LogP contribution in [0.4, 0.5) is 0 Å². The van der Waals surface area contributed by atoms with Gasteiger partial charge in [0.05, 0.1) is 24.5 Å². The van der Waals surface area contributed by atoms with Gasteiger partial charge in [-0.15, -0.1) is 0 Å². The number of amides is 1. The predicted molar refractivity (Wildman–Crippen MR) is 265 cm³/mol. The van der Waals surface area contributed by atoms with Crippen LogP contribution >= 0.6 is 0 Å². The van der Waals surface area contributed by atoms with Gasteiger partial charge in [0, 0.05) is 38.6 Å². The number of cyclic esters (lactones) is 1. The Hall–Kier alpha value is -3.88. The van der Waals surface area contributed by atoms with Crippen molar-refractivity contribution in [3.63, 3.8) is 0 Å².